The summed E-state index contributed by atoms with van der Waals surface area (Å²) in [5.41, 5.74) is 1.87. The van der Waals surface area contributed by atoms with Gasteiger partial charge in [0, 0.05) is 12.7 Å². The van der Waals surface area contributed by atoms with Gasteiger partial charge in [0.15, 0.2) is 0 Å². The molecule has 0 atom stereocenters. The van der Waals surface area contributed by atoms with E-state index in [1.807, 2.05) is 45.9 Å². The van der Waals surface area contributed by atoms with Gasteiger partial charge in [-0.1, -0.05) is 12.1 Å². The second kappa shape index (κ2) is 3.58. The fraction of sp³-hybridized carbons (Fsp3) is 0.467. The van der Waals surface area contributed by atoms with Gasteiger partial charge in [-0.2, -0.15) is 5.26 Å². The molecule has 0 N–H and O–H groups in total. The number of fused-ring (bicyclic) bond motifs is 1. The van der Waals surface area contributed by atoms with Crippen LogP contribution >= 0.6 is 0 Å². The number of anilines is 1. The van der Waals surface area contributed by atoms with Crippen LogP contribution in [0.5, 0.6) is 0 Å². The van der Waals surface area contributed by atoms with E-state index < -0.39 is 10.8 Å². The van der Waals surface area contributed by atoms with E-state index >= 15 is 0 Å². The molecule has 18 heavy (non-hydrogen) atoms. The molecule has 0 saturated carbocycles. The second-order valence-corrected chi connectivity index (χ2v) is 5.96. The number of carbonyl (C=O) groups is 1. The average molecular weight is 242 g/mol. The van der Waals surface area contributed by atoms with E-state index in [1.165, 1.54) is 0 Å². The molecule has 1 heterocycles. The van der Waals surface area contributed by atoms with Gasteiger partial charge in [-0.25, -0.2) is 0 Å². The third-order valence-electron chi connectivity index (χ3n) is 3.87. The van der Waals surface area contributed by atoms with Crippen molar-refractivity contribution in [2.75, 3.05) is 11.9 Å². The highest BCUT2D eigenvalue weighted by Gasteiger charge is 2.42. The third kappa shape index (κ3) is 1.53. The minimum absolute atomic E-state index is 0.101. The normalized spacial score (nSPS) is 17.6. The molecular formula is C15H18N2O. The first-order chi connectivity index (χ1) is 8.21. The number of amides is 1. The highest BCUT2D eigenvalue weighted by atomic mass is 16.2. The molecule has 0 aromatic heterocycles. The molecule has 0 saturated heterocycles. The zero-order valence-corrected chi connectivity index (χ0v) is 11.5. The van der Waals surface area contributed by atoms with Crippen LogP contribution in [-0.2, 0) is 15.6 Å². The minimum Gasteiger partial charge on any atom is -0.314 e. The van der Waals surface area contributed by atoms with E-state index in [0.29, 0.717) is 0 Å². The third-order valence-corrected chi connectivity index (χ3v) is 3.87. The fourth-order valence-electron chi connectivity index (χ4n) is 2.43. The quantitative estimate of drug-likeness (QED) is 0.760. The maximum absolute atomic E-state index is 12.2. The standard InChI is InChI=1S/C15H18N2O/c1-14(2,9-16)10-6-7-12-11(8-10)15(3,4)13(18)17(12)5/h6-8H,1-5H3. The lowest BCUT2D eigenvalue weighted by molar-refractivity contribution is -0.121. The number of benzene rings is 1. The lowest BCUT2D eigenvalue weighted by Crippen LogP contribution is -2.33. The van der Waals surface area contributed by atoms with Gasteiger partial charge in [0.25, 0.3) is 0 Å². The number of nitriles is 1. The Bertz CT molecular complexity index is 564. The topological polar surface area (TPSA) is 44.1 Å². The van der Waals surface area contributed by atoms with Gasteiger partial charge in [0.1, 0.15) is 0 Å². The van der Waals surface area contributed by atoms with Crippen LogP contribution in [-0.4, -0.2) is 13.0 Å². The van der Waals surface area contributed by atoms with Crippen molar-refractivity contribution in [1.82, 2.24) is 0 Å². The first-order valence-corrected chi connectivity index (χ1v) is 6.06. The number of nitrogens with zero attached hydrogens (tertiary/aromatic N) is 2. The molecule has 0 fully saturated rings. The Hall–Kier alpha value is -1.82. The number of likely N-dealkylation sites (N-methyl/N-ethyl adjacent to an activating group) is 1. The smallest absolute Gasteiger partial charge is 0.236 e. The summed E-state index contributed by atoms with van der Waals surface area (Å²) < 4.78 is 0. The molecular weight excluding hydrogens is 224 g/mol. The molecule has 1 aromatic carbocycles. The number of rotatable bonds is 1. The van der Waals surface area contributed by atoms with Crippen molar-refractivity contribution >= 4 is 11.6 Å². The monoisotopic (exact) mass is 242 g/mol. The largest absolute Gasteiger partial charge is 0.314 e. The Labute approximate surface area is 108 Å². The van der Waals surface area contributed by atoms with Crippen LogP contribution in [0.15, 0.2) is 18.2 Å². The van der Waals surface area contributed by atoms with Crippen molar-refractivity contribution in [1.29, 1.82) is 5.26 Å². The van der Waals surface area contributed by atoms with Gasteiger partial charge in [0.2, 0.25) is 5.91 Å². The molecule has 0 unspecified atom stereocenters. The Morgan fingerprint density at radius 3 is 2.50 bits per heavy atom. The molecule has 1 aromatic rings. The summed E-state index contributed by atoms with van der Waals surface area (Å²) in [7, 11) is 1.80. The van der Waals surface area contributed by atoms with Crippen molar-refractivity contribution in [2.45, 2.75) is 38.5 Å². The van der Waals surface area contributed by atoms with Gasteiger partial charge in [0.05, 0.1) is 16.9 Å². The summed E-state index contributed by atoms with van der Waals surface area (Å²) >= 11 is 0. The zero-order chi connectivity index (χ0) is 13.7. The van der Waals surface area contributed by atoms with Crippen molar-refractivity contribution < 1.29 is 4.79 Å². The Kier molecular flexibility index (Phi) is 2.52. The van der Waals surface area contributed by atoms with Crippen LogP contribution in [0.4, 0.5) is 5.69 Å². The number of carbonyl (C=O) groups excluding carboxylic acids is 1. The van der Waals surface area contributed by atoms with Crippen molar-refractivity contribution in [2.24, 2.45) is 0 Å². The summed E-state index contributed by atoms with van der Waals surface area (Å²) in [4.78, 5) is 13.9. The van der Waals surface area contributed by atoms with Gasteiger partial charge in [-0.05, 0) is 44.9 Å². The van der Waals surface area contributed by atoms with E-state index in [4.69, 9.17) is 0 Å². The highest BCUT2D eigenvalue weighted by molar-refractivity contribution is 6.07. The first-order valence-electron chi connectivity index (χ1n) is 6.06. The molecule has 3 nitrogen and oxygen atoms in total. The molecule has 1 aliphatic heterocycles. The van der Waals surface area contributed by atoms with Crippen LogP contribution in [0.1, 0.15) is 38.8 Å². The summed E-state index contributed by atoms with van der Waals surface area (Å²) in [6.45, 7) is 7.64. The predicted molar refractivity (Wildman–Crippen MR) is 71.5 cm³/mol. The number of hydrogen-bond donors (Lipinski definition) is 0. The van der Waals surface area contributed by atoms with Crippen LogP contribution in [0.25, 0.3) is 0 Å². The molecule has 2 rings (SSSR count). The fourth-order valence-corrected chi connectivity index (χ4v) is 2.43. The van der Waals surface area contributed by atoms with Gasteiger partial charge in [-0.3, -0.25) is 4.79 Å². The SMILES string of the molecule is CN1C(=O)C(C)(C)c2cc(C(C)(C)C#N)ccc21. The Morgan fingerprint density at radius 2 is 1.94 bits per heavy atom. The van der Waals surface area contributed by atoms with E-state index in [9.17, 15) is 10.1 Å². The summed E-state index contributed by atoms with van der Waals surface area (Å²) in [6.07, 6.45) is 0. The molecule has 1 amide bonds. The molecule has 94 valence electrons. The van der Waals surface area contributed by atoms with Crippen molar-refractivity contribution in [3.05, 3.63) is 29.3 Å². The molecule has 3 heteroatoms. The molecule has 0 spiro atoms. The Balaban J connectivity index is 2.64. The summed E-state index contributed by atoms with van der Waals surface area (Å²) in [6, 6.07) is 8.18. The van der Waals surface area contributed by atoms with Crippen LogP contribution in [0.3, 0.4) is 0 Å². The summed E-state index contributed by atoms with van der Waals surface area (Å²) in [5, 5.41) is 9.20. The van der Waals surface area contributed by atoms with E-state index in [1.54, 1.807) is 11.9 Å². The zero-order valence-electron chi connectivity index (χ0n) is 11.5. The average Bonchev–Trinajstić information content (AvgIpc) is 2.51. The van der Waals surface area contributed by atoms with Crippen molar-refractivity contribution in [3.63, 3.8) is 0 Å². The molecule has 1 aliphatic rings. The maximum Gasteiger partial charge on any atom is 0.236 e. The lowest BCUT2D eigenvalue weighted by Gasteiger charge is -2.20. The summed E-state index contributed by atoms with van der Waals surface area (Å²) in [5.74, 6) is 0.101. The van der Waals surface area contributed by atoms with Crippen LogP contribution < -0.4 is 4.90 Å². The van der Waals surface area contributed by atoms with E-state index in [2.05, 4.69) is 6.07 Å². The Morgan fingerprint density at radius 1 is 1.33 bits per heavy atom. The van der Waals surface area contributed by atoms with E-state index in [-0.39, 0.29) is 5.91 Å². The van der Waals surface area contributed by atoms with Gasteiger partial charge >= 0.3 is 0 Å². The van der Waals surface area contributed by atoms with Crippen LogP contribution in [0.2, 0.25) is 0 Å². The maximum atomic E-state index is 12.2. The number of hydrogen-bond acceptors (Lipinski definition) is 2. The van der Waals surface area contributed by atoms with Gasteiger partial charge < -0.3 is 4.90 Å². The van der Waals surface area contributed by atoms with E-state index in [0.717, 1.165) is 16.8 Å². The molecule has 0 bridgehead atoms. The van der Waals surface area contributed by atoms with Crippen molar-refractivity contribution in [3.8, 4) is 6.07 Å². The molecule has 0 aliphatic carbocycles. The minimum atomic E-state index is -0.532. The molecule has 0 radical (unpaired) electrons. The van der Waals surface area contributed by atoms with Gasteiger partial charge in [-0.15, -0.1) is 0 Å². The lowest BCUT2D eigenvalue weighted by atomic mass is 9.80. The van der Waals surface area contributed by atoms with Crippen LogP contribution in [0, 0.1) is 11.3 Å². The predicted octanol–water partition coefficient (Wildman–Crippen LogP) is 2.74. The first kappa shape index (κ1) is 12.6. The highest BCUT2D eigenvalue weighted by Crippen LogP contribution is 2.42. The second-order valence-electron chi connectivity index (χ2n) is 5.96.